The molecule has 0 atom stereocenters. The van der Waals surface area contributed by atoms with E-state index < -0.39 is 0 Å². The quantitative estimate of drug-likeness (QED) is 0.873. The zero-order chi connectivity index (χ0) is 12.4. The number of rotatable bonds is 3. The van der Waals surface area contributed by atoms with Crippen LogP contribution in [-0.2, 0) is 13.6 Å². The molecule has 17 heavy (non-hydrogen) atoms. The van der Waals surface area contributed by atoms with Crippen LogP contribution in [0.2, 0.25) is 0 Å². The normalized spacial score (nSPS) is 10.5. The summed E-state index contributed by atoms with van der Waals surface area (Å²) in [6.45, 7) is 0.595. The molecule has 0 saturated heterocycles. The van der Waals surface area contributed by atoms with Crippen LogP contribution in [0.25, 0.3) is 0 Å². The van der Waals surface area contributed by atoms with E-state index in [9.17, 15) is 4.79 Å². The maximum atomic E-state index is 12.0. The Bertz CT molecular complexity index is 534. The molecular formula is C11H12BrN3OS. The van der Waals surface area contributed by atoms with Crippen molar-refractivity contribution in [1.29, 1.82) is 0 Å². The zero-order valence-electron chi connectivity index (χ0n) is 9.55. The lowest BCUT2D eigenvalue weighted by molar-refractivity contribution is 0.0780. The molecule has 4 nitrogen and oxygen atoms in total. The first kappa shape index (κ1) is 12.3. The van der Waals surface area contributed by atoms with Gasteiger partial charge in [-0.15, -0.1) is 11.3 Å². The number of halogens is 1. The van der Waals surface area contributed by atoms with Gasteiger partial charge in [0.15, 0.2) is 0 Å². The molecule has 0 unspecified atom stereocenters. The van der Waals surface area contributed by atoms with Crippen molar-refractivity contribution in [2.75, 3.05) is 7.05 Å². The van der Waals surface area contributed by atoms with Gasteiger partial charge in [0.1, 0.15) is 5.69 Å². The Kier molecular flexibility index (Phi) is 3.63. The number of nitrogens with zero attached hydrogens (tertiary/aromatic N) is 3. The molecule has 1 amide bonds. The van der Waals surface area contributed by atoms with Crippen molar-refractivity contribution in [3.8, 4) is 0 Å². The fourth-order valence-corrected chi connectivity index (χ4v) is 2.69. The third kappa shape index (κ3) is 2.95. The molecule has 0 aromatic carbocycles. The Morgan fingerprint density at radius 3 is 2.94 bits per heavy atom. The molecule has 90 valence electrons. The average molecular weight is 314 g/mol. The van der Waals surface area contributed by atoms with Crippen LogP contribution in [0.1, 0.15) is 16.1 Å². The largest absolute Gasteiger partial charge is 0.340 e. The lowest BCUT2D eigenvalue weighted by Gasteiger charge is -2.14. The second kappa shape index (κ2) is 5.01. The highest BCUT2D eigenvalue weighted by atomic mass is 79.9. The van der Waals surface area contributed by atoms with Gasteiger partial charge in [-0.3, -0.25) is 4.79 Å². The minimum Gasteiger partial charge on any atom is -0.340 e. The molecule has 0 radical (unpaired) electrons. The van der Waals surface area contributed by atoms with Crippen molar-refractivity contribution >= 4 is 33.2 Å². The van der Waals surface area contributed by atoms with Gasteiger partial charge in [-0.2, -0.15) is 0 Å². The van der Waals surface area contributed by atoms with Gasteiger partial charge in [-0.25, -0.2) is 4.98 Å². The molecule has 6 heteroatoms. The first-order valence-electron chi connectivity index (χ1n) is 5.02. The van der Waals surface area contributed by atoms with Gasteiger partial charge in [0, 0.05) is 26.8 Å². The highest BCUT2D eigenvalue weighted by Gasteiger charge is 2.14. The summed E-state index contributed by atoms with van der Waals surface area (Å²) in [5.41, 5.74) is 1.60. The summed E-state index contributed by atoms with van der Waals surface area (Å²) in [5.74, 6) is -0.0621. The van der Waals surface area contributed by atoms with Crippen molar-refractivity contribution in [3.05, 3.63) is 39.0 Å². The van der Waals surface area contributed by atoms with E-state index in [-0.39, 0.29) is 5.91 Å². The summed E-state index contributed by atoms with van der Waals surface area (Å²) >= 11 is 5.02. The standard InChI is InChI=1S/C11H12BrN3OS/c1-14-5-9(13-7-14)11(16)15(2)4-8-3-10(12)17-6-8/h3,5-7H,4H2,1-2H3. The second-order valence-corrected chi connectivity index (χ2v) is 6.14. The molecule has 0 saturated carbocycles. The summed E-state index contributed by atoms with van der Waals surface area (Å²) < 4.78 is 2.84. The zero-order valence-corrected chi connectivity index (χ0v) is 12.0. The molecular weight excluding hydrogens is 302 g/mol. The molecule has 2 aromatic heterocycles. The SMILES string of the molecule is CN(Cc1csc(Br)c1)C(=O)c1cn(C)cn1. The predicted molar refractivity (Wildman–Crippen MR) is 71.0 cm³/mol. The van der Waals surface area contributed by atoms with E-state index in [0.717, 1.165) is 9.35 Å². The molecule has 0 aliphatic rings. The van der Waals surface area contributed by atoms with Crippen LogP contribution in [0.4, 0.5) is 0 Å². The maximum absolute atomic E-state index is 12.0. The number of imidazole rings is 1. The highest BCUT2D eigenvalue weighted by Crippen LogP contribution is 2.21. The first-order valence-corrected chi connectivity index (χ1v) is 6.70. The van der Waals surface area contributed by atoms with Gasteiger partial charge in [-0.1, -0.05) is 0 Å². The predicted octanol–water partition coefficient (Wildman–Crippen LogP) is 2.52. The highest BCUT2D eigenvalue weighted by molar-refractivity contribution is 9.11. The van der Waals surface area contributed by atoms with E-state index >= 15 is 0 Å². The van der Waals surface area contributed by atoms with Gasteiger partial charge in [0.2, 0.25) is 0 Å². The third-order valence-electron chi connectivity index (χ3n) is 2.31. The molecule has 0 spiro atoms. The summed E-state index contributed by atoms with van der Waals surface area (Å²) in [7, 11) is 3.63. The number of amides is 1. The van der Waals surface area contributed by atoms with Crippen molar-refractivity contribution in [1.82, 2.24) is 14.5 Å². The Morgan fingerprint density at radius 1 is 1.65 bits per heavy atom. The Morgan fingerprint density at radius 2 is 2.41 bits per heavy atom. The lowest BCUT2D eigenvalue weighted by Crippen LogP contribution is -2.26. The number of aryl methyl sites for hydroxylation is 1. The molecule has 0 bridgehead atoms. The van der Waals surface area contributed by atoms with Gasteiger partial charge >= 0.3 is 0 Å². The first-order chi connectivity index (χ1) is 8.06. The maximum Gasteiger partial charge on any atom is 0.274 e. The topological polar surface area (TPSA) is 38.1 Å². The molecule has 2 heterocycles. The van der Waals surface area contributed by atoms with E-state index in [0.29, 0.717) is 12.2 Å². The molecule has 0 aliphatic carbocycles. The lowest BCUT2D eigenvalue weighted by atomic mass is 10.3. The summed E-state index contributed by atoms with van der Waals surface area (Å²) in [6.07, 6.45) is 3.35. The van der Waals surface area contributed by atoms with Gasteiger partial charge < -0.3 is 9.47 Å². The summed E-state index contributed by atoms with van der Waals surface area (Å²) in [6, 6.07) is 2.02. The van der Waals surface area contributed by atoms with Crippen molar-refractivity contribution in [2.24, 2.45) is 7.05 Å². The van der Waals surface area contributed by atoms with Crippen LogP contribution < -0.4 is 0 Å². The number of hydrogen-bond donors (Lipinski definition) is 0. The number of thiophene rings is 1. The Hall–Kier alpha value is -1.14. The van der Waals surface area contributed by atoms with E-state index in [2.05, 4.69) is 20.9 Å². The van der Waals surface area contributed by atoms with Crippen molar-refractivity contribution < 1.29 is 4.79 Å². The molecule has 0 fully saturated rings. The van der Waals surface area contributed by atoms with Gasteiger partial charge in [-0.05, 0) is 32.9 Å². The molecule has 0 aliphatic heterocycles. The van der Waals surface area contributed by atoms with Gasteiger partial charge in [0.05, 0.1) is 10.1 Å². The molecule has 2 rings (SSSR count). The minimum atomic E-state index is -0.0621. The van der Waals surface area contributed by atoms with Crippen molar-refractivity contribution in [3.63, 3.8) is 0 Å². The van der Waals surface area contributed by atoms with Crippen LogP contribution >= 0.6 is 27.3 Å². The van der Waals surface area contributed by atoms with Crippen LogP contribution in [0.3, 0.4) is 0 Å². The number of carbonyl (C=O) groups is 1. The smallest absolute Gasteiger partial charge is 0.274 e. The van der Waals surface area contributed by atoms with Crippen molar-refractivity contribution in [2.45, 2.75) is 6.54 Å². The fourth-order valence-electron chi connectivity index (χ4n) is 1.49. The van der Waals surface area contributed by atoms with Crippen LogP contribution in [0.15, 0.2) is 27.8 Å². The molecule has 0 N–H and O–H groups in total. The monoisotopic (exact) mass is 313 g/mol. The number of aromatic nitrogens is 2. The summed E-state index contributed by atoms with van der Waals surface area (Å²) in [5, 5.41) is 2.03. The molecule has 2 aromatic rings. The van der Waals surface area contributed by atoms with Crippen LogP contribution in [-0.4, -0.2) is 27.4 Å². The number of hydrogen-bond acceptors (Lipinski definition) is 3. The Labute approximate surface area is 112 Å². The number of carbonyl (C=O) groups excluding carboxylic acids is 1. The third-order valence-corrected chi connectivity index (χ3v) is 3.87. The van der Waals surface area contributed by atoms with E-state index in [4.69, 9.17) is 0 Å². The van der Waals surface area contributed by atoms with Crippen LogP contribution in [0, 0.1) is 0 Å². The second-order valence-electron chi connectivity index (χ2n) is 3.84. The van der Waals surface area contributed by atoms with Crippen LogP contribution in [0.5, 0.6) is 0 Å². The Balaban J connectivity index is 2.05. The fraction of sp³-hybridized carbons (Fsp3) is 0.273. The van der Waals surface area contributed by atoms with E-state index in [1.807, 2.05) is 18.5 Å². The van der Waals surface area contributed by atoms with E-state index in [1.165, 1.54) is 0 Å². The average Bonchev–Trinajstić information content (AvgIpc) is 2.87. The van der Waals surface area contributed by atoms with E-state index in [1.54, 1.807) is 40.4 Å². The summed E-state index contributed by atoms with van der Waals surface area (Å²) in [4.78, 5) is 17.7. The minimum absolute atomic E-state index is 0.0621. The van der Waals surface area contributed by atoms with Gasteiger partial charge in [0.25, 0.3) is 5.91 Å².